The van der Waals surface area contributed by atoms with Crippen molar-refractivity contribution in [1.82, 2.24) is 9.88 Å². The molecule has 0 radical (unpaired) electrons. The summed E-state index contributed by atoms with van der Waals surface area (Å²) in [5.74, 6) is 0.342. The fourth-order valence-corrected chi connectivity index (χ4v) is 3.80. The number of pyridine rings is 1. The molecule has 0 spiro atoms. The van der Waals surface area contributed by atoms with Crippen LogP contribution in [0.4, 0.5) is 4.79 Å². The number of likely N-dealkylation sites (tertiary alicyclic amines) is 1. The molecule has 0 unspecified atom stereocenters. The first-order valence-electron chi connectivity index (χ1n) is 8.75. The number of amides is 1. The second-order valence-electron chi connectivity index (χ2n) is 6.73. The first-order valence-corrected chi connectivity index (χ1v) is 10.6. The third-order valence-corrected chi connectivity index (χ3v) is 5.93. The van der Waals surface area contributed by atoms with E-state index in [-0.39, 0.29) is 0 Å². The van der Waals surface area contributed by atoms with Gasteiger partial charge in [-0.05, 0) is 54.2 Å². The van der Waals surface area contributed by atoms with Gasteiger partial charge in [0.05, 0.1) is 10.6 Å². The SMILES string of the molecule is CS(=O)(=O)c1ccc(/C=C/c2ccc(C3CCN(C(=O)O)CC3)cn2)cc1. The van der Waals surface area contributed by atoms with E-state index in [0.29, 0.717) is 23.9 Å². The number of carbonyl (C=O) groups is 1. The number of aromatic nitrogens is 1. The molecule has 2 heterocycles. The van der Waals surface area contributed by atoms with E-state index in [1.165, 1.54) is 11.2 Å². The van der Waals surface area contributed by atoms with E-state index in [9.17, 15) is 13.2 Å². The van der Waals surface area contributed by atoms with Crippen LogP contribution in [0.5, 0.6) is 0 Å². The quantitative estimate of drug-likeness (QED) is 0.869. The number of carboxylic acid groups (broad SMARTS) is 1. The van der Waals surface area contributed by atoms with Crippen LogP contribution in [0.1, 0.15) is 35.6 Å². The highest BCUT2D eigenvalue weighted by atomic mass is 32.2. The first kappa shape index (κ1) is 19.1. The number of hydrogen-bond donors (Lipinski definition) is 1. The number of piperidine rings is 1. The number of rotatable bonds is 4. The summed E-state index contributed by atoms with van der Waals surface area (Å²) in [6.45, 7) is 1.12. The molecule has 1 aliphatic heterocycles. The summed E-state index contributed by atoms with van der Waals surface area (Å²) < 4.78 is 23.0. The molecule has 0 saturated carbocycles. The zero-order chi connectivity index (χ0) is 19.4. The summed E-state index contributed by atoms with van der Waals surface area (Å²) in [4.78, 5) is 17.2. The highest BCUT2D eigenvalue weighted by Gasteiger charge is 2.23. The van der Waals surface area contributed by atoms with Gasteiger partial charge in [-0.1, -0.05) is 24.3 Å². The molecular weight excluding hydrogens is 364 g/mol. The maximum atomic E-state index is 11.5. The minimum atomic E-state index is -3.18. The maximum absolute atomic E-state index is 11.5. The van der Waals surface area contributed by atoms with Crippen LogP contribution in [0, 0.1) is 0 Å². The molecule has 0 bridgehead atoms. The zero-order valence-electron chi connectivity index (χ0n) is 15.1. The summed E-state index contributed by atoms with van der Waals surface area (Å²) in [6, 6.07) is 10.7. The van der Waals surface area contributed by atoms with Crippen molar-refractivity contribution in [2.24, 2.45) is 0 Å². The lowest BCUT2D eigenvalue weighted by Gasteiger charge is -2.30. The molecule has 1 aliphatic rings. The van der Waals surface area contributed by atoms with Crippen molar-refractivity contribution in [1.29, 1.82) is 0 Å². The van der Waals surface area contributed by atoms with Gasteiger partial charge < -0.3 is 10.0 Å². The summed E-state index contributed by atoms with van der Waals surface area (Å²) in [5, 5.41) is 9.02. The third-order valence-electron chi connectivity index (χ3n) is 4.80. The van der Waals surface area contributed by atoms with Gasteiger partial charge >= 0.3 is 6.09 Å². The van der Waals surface area contributed by atoms with Crippen molar-refractivity contribution in [3.63, 3.8) is 0 Å². The molecule has 1 aromatic heterocycles. The van der Waals surface area contributed by atoms with Crippen molar-refractivity contribution in [3.8, 4) is 0 Å². The first-order chi connectivity index (χ1) is 12.8. The molecular formula is C20H22N2O4S. The Labute approximate surface area is 159 Å². The lowest BCUT2D eigenvalue weighted by Crippen LogP contribution is -2.36. The Morgan fingerprint density at radius 3 is 2.30 bits per heavy atom. The smallest absolute Gasteiger partial charge is 0.407 e. The summed E-state index contributed by atoms with van der Waals surface area (Å²) in [7, 11) is -3.18. The molecule has 1 amide bonds. The summed E-state index contributed by atoms with van der Waals surface area (Å²) in [5.41, 5.74) is 2.85. The lowest BCUT2D eigenvalue weighted by atomic mass is 9.90. The van der Waals surface area contributed by atoms with Gasteiger partial charge in [0.15, 0.2) is 9.84 Å². The average molecular weight is 386 g/mol. The van der Waals surface area contributed by atoms with Gasteiger partial charge in [-0.25, -0.2) is 13.2 Å². The Morgan fingerprint density at radius 2 is 1.78 bits per heavy atom. The molecule has 2 aromatic rings. The van der Waals surface area contributed by atoms with Gasteiger partial charge in [0, 0.05) is 25.5 Å². The fraction of sp³-hybridized carbons (Fsp3) is 0.300. The molecule has 1 N–H and O–H groups in total. The van der Waals surface area contributed by atoms with E-state index in [4.69, 9.17) is 5.11 Å². The van der Waals surface area contributed by atoms with Crippen LogP contribution in [0.15, 0.2) is 47.5 Å². The van der Waals surface area contributed by atoms with Crippen molar-refractivity contribution in [3.05, 3.63) is 59.4 Å². The fourth-order valence-electron chi connectivity index (χ4n) is 3.17. The molecule has 1 saturated heterocycles. The predicted molar refractivity (Wildman–Crippen MR) is 104 cm³/mol. The number of benzene rings is 1. The van der Waals surface area contributed by atoms with Gasteiger partial charge in [-0.3, -0.25) is 4.98 Å². The highest BCUT2D eigenvalue weighted by molar-refractivity contribution is 7.90. The van der Waals surface area contributed by atoms with E-state index in [1.54, 1.807) is 24.3 Å². The minimum absolute atomic E-state index is 0.302. The Balaban J connectivity index is 1.62. The van der Waals surface area contributed by atoms with Gasteiger partial charge in [-0.15, -0.1) is 0 Å². The average Bonchev–Trinajstić information content (AvgIpc) is 2.66. The number of hydrogen-bond acceptors (Lipinski definition) is 4. The van der Waals surface area contributed by atoms with Gasteiger partial charge in [-0.2, -0.15) is 0 Å². The Kier molecular flexibility index (Phi) is 5.60. The molecule has 0 atom stereocenters. The monoisotopic (exact) mass is 386 g/mol. The van der Waals surface area contributed by atoms with Gasteiger partial charge in [0.1, 0.15) is 0 Å². The van der Waals surface area contributed by atoms with E-state index < -0.39 is 15.9 Å². The zero-order valence-corrected chi connectivity index (χ0v) is 15.9. The number of nitrogens with zero attached hydrogens (tertiary/aromatic N) is 2. The Hall–Kier alpha value is -2.67. The van der Waals surface area contributed by atoms with Crippen LogP contribution < -0.4 is 0 Å². The van der Waals surface area contributed by atoms with Crippen molar-refractivity contribution < 1.29 is 18.3 Å². The largest absolute Gasteiger partial charge is 0.465 e. The number of sulfone groups is 1. The third kappa shape index (κ3) is 4.95. The minimum Gasteiger partial charge on any atom is -0.465 e. The Bertz CT molecular complexity index is 927. The van der Waals surface area contributed by atoms with Crippen LogP contribution in [0.3, 0.4) is 0 Å². The molecule has 142 valence electrons. The van der Waals surface area contributed by atoms with Gasteiger partial charge in [0.2, 0.25) is 0 Å². The van der Waals surface area contributed by atoms with Crippen molar-refractivity contribution >= 4 is 28.1 Å². The highest BCUT2D eigenvalue weighted by Crippen LogP contribution is 2.27. The molecule has 7 heteroatoms. The molecule has 3 rings (SSSR count). The van der Waals surface area contributed by atoms with E-state index in [2.05, 4.69) is 4.98 Å². The van der Waals surface area contributed by atoms with Crippen molar-refractivity contribution in [2.75, 3.05) is 19.3 Å². The molecule has 27 heavy (non-hydrogen) atoms. The Morgan fingerprint density at radius 1 is 1.11 bits per heavy atom. The molecule has 0 aliphatic carbocycles. The summed E-state index contributed by atoms with van der Waals surface area (Å²) >= 11 is 0. The normalized spacial score (nSPS) is 16.0. The van der Waals surface area contributed by atoms with Crippen LogP contribution in [0.25, 0.3) is 12.2 Å². The van der Waals surface area contributed by atoms with E-state index in [0.717, 1.165) is 29.7 Å². The lowest BCUT2D eigenvalue weighted by molar-refractivity contribution is 0.132. The topological polar surface area (TPSA) is 87.6 Å². The second-order valence-corrected chi connectivity index (χ2v) is 8.75. The van der Waals surface area contributed by atoms with Crippen molar-refractivity contribution in [2.45, 2.75) is 23.7 Å². The van der Waals surface area contributed by atoms with Crippen LogP contribution in [0.2, 0.25) is 0 Å². The van der Waals surface area contributed by atoms with E-state index >= 15 is 0 Å². The molecule has 1 aromatic carbocycles. The second kappa shape index (κ2) is 7.92. The van der Waals surface area contributed by atoms with Crippen LogP contribution >= 0.6 is 0 Å². The summed E-state index contributed by atoms with van der Waals surface area (Å²) in [6.07, 6.45) is 7.59. The molecule has 6 nitrogen and oxygen atoms in total. The van der Waals surface area contributed by atoms with Crippen LogP contribution in [-0.4, -0.2) is 48.8 Å². The standard InChI is InChI=1S/C20H22N2O4S/c1-27(25,26)19-8-3-15(4-9-19)2-6-18-7-5-17(14-21-18)16-10-12-22(13-11-16)20(23)24/h2-9,14,16H,10-13H2,1H3,(H,23,24)/b6-2+. The maximum Gasteiger partial charge on any atom is 0.407 e. The molecule has 1 fully saturated rings. The predicted octanol–water partition coefficient (Wildman–Crippen LogP) is 3.51. The van der Waals surface area contributed by atoms with E-state index in [1.807, 2.05) is 30.5 Å². The van der Waals surface area contributed by atoms with Crippen LogP contribution in [-0.2, 0) is 9.84 Å². The van der Waals surface area contributed by atoms with Gasteiger partial charge in [0.25, 0.3) is 0 Å².